The second kappa shape index (κ2) is 39.1. The minimum absolute atomic E-state index is 0.181. The van der Waals surface area contributed by atoms with Crippen LogP contribution in [-0.4, -0.2) is 49.3 Å². The SMILES string of the molecule is CCCCCCCCCCCCCCCC(=O)OCC(COC(=O)CCCCCCCCCCCCCCC)OC(=O)CCC(=O)Oc1cc(C)cc(C)c1C(C)(C)C.O=C=O. The van der Waals surface area contributed by atoms with Crippen molar-refractivity contribution in [2.75, 3.05) is 13.2 Å². The molecule has 10 nitrogen and oxygen atoms in total. The van der Waals surface area contributed by atoms with Gasteiger partial charge in [-0.25, -0.2) is 0 Å². The lowest BCUT2D eigenvalue weighted by Crippen LogP contribution is -2.31. The molecule has 0 aliphatic heterocycles. The molecule has 356 valence electrons. The molecule has 0 N–H and O–H groups in total. The van der Waals surface area contributed by atoms with Gasteiger partial charge in [0.15, 0.2) is 6.10 Å². The smallest absolute Gasteiger partial charge is 0.373 e. The van der Waals surface area contributed by atoms with Crippen molar-refractivity contribution in [2.24, 2.45) is 0 Å². The second-order valence-electron chi connectivity index (χ2n) is 18.2. The molecule has 1 aromatic carbocycles. The number of aryl methyl sites for hydroxylation is 2. The van der Waals surface area contributed by atoms with E-state index < -0.39 is 18.0 Å². The predicted molar refractivity (Wildman–Crippen MR) is 247 cm³/mol. The second-order valence-corrected chi connectivity index (χ2v) is 18.2. The Morgan fingerprint density at radius 3 is 1.19 bits per heavy atom. The molecular formula is C52H88O10. The molecule has 62 heavy (non-hydrogen) atoms. The van der Waals surface area contributed by atoms with E-state index in [0.717, 1.165) is 55.2 Å². The summed E-state index contributed by atoms with van der Waals surface area (Å²) in [6, 6.07) is 3.91. The number of rotatable bonds is 37. The summed E-state index contributed by atoms with van der Waals surface area (Å²) in [5.74, 6) is -1.42. The Kier molecular flexibility index (Phi) is 36.9. The highest BCUT2D eigenvalue weighted by Gasteiger charge is 2.25. The van der Waals surface area contributed by atoms with Gasteiger partial charge in [-0.1, -0.05) is 195 Å². The summed E-state index contributed by atoms with van der Waals surface area (Å²) in [4.78, 5) is 67.3. The molecule has 0 aromatic heterocycles. The average molecular weight is 873 g/mol. The standard InChI is InChI=1S/C51H88O8.CO2/c1-8-10-12-14-16-18-20-22-24-26-28-30-32-34-46(52)56-40-44(41-57-47(53)35-33-31-29-27-25-23-21-19-17-15-13-11-9-2)58-48(54)36-37-49(55)59-45-39-42(3)38-43(4)50(45)51(5,6)7;2-1-3/h38-39,44H,8-37,40-41H2,1-7H3;. The van der Waals surface area contributed by atoms with E-state index in [1.54, 1.807) is 0 Å². The molecule has 0 unspecified atom stereocenters. The van der Waals surface area contributed by atoms with Gasteiger partial charge in [-0.05, 0) is 49.3 Å². The molecule has 0 saturated carbocycles. The Bertz CT molecular complexity index is 1310. The first-order valence-electron chi connectivity index (χ1n) is 24.6. The quantitative estimate of drug-likeness (QED) is 0.0275. The maximum atomic E-state index is 12.9. The van der Waals surface area contributed by atoms with E-state index in [9.17, 15) is 19.2 Å². The van der Waals surface area contributed by atoms with Gasteiger partial charge in [-0.3, -0.25) is 19.2 Å². The Balaban J connectivity index is 0.0000120. The molecule has 0 heterocycles. The van der Waals surface area contributed by atoms with Crippen LogP contribution in [0.25, 0.3) is 0 Å². The van der Waals surface area contributed by atoms with Gasteiger partial charge in [0.1, 0.15) is 19.0 Å². The molecule has 0 bridgehead atoms. The molecule has 0 saturated heterocycles. The van der Waals surface area contributed by atoms with Crippen LogP contribution in [0.4, 0.5) is 0 Å². The van der Waals surface area contributed by atoms with Crippen LogP contribution in [0.3, 0.4) is 0 Å². The van der Waals surface area contributed by atoms with Crippen molar-refractivity contribution >= 4 is 30.0 Å². The van der Waals surface area contributed by atoms with Crippen LogP contribution >= 0.6 is 0 Å². The van der Waals surface area contributed by atoms with Gasteiger partial charge in [-0.15, -0.1) is 0 Å². The van der Waals surface area contributed by atoms with Crippen LogP contribution in [0.2, 0.25) is 0 Å². The topological polar surface area (TPSA) is 139 Å². The first-order chi connectivity index (χ1) is 29.8. The van der Waals surface area contributed by atoms with Crippen LogP contribution in [0, 0.1) is 13.8 Å². The zero-order chi connectivity index (χ0) is 46.3. The predicted octanol–water partition coefficient (Wildman–Crippen LogP) is 13.7. The van der Waals surface area contributed by atoms with Crippen molar-refractivity contribution in [3.8, 4) is 5.75 Å². The van der Waals surface area contributed by atoms with Crippen LogP contribution in [0.1, 0.15) is 244 Å². The van der Waals surface area contributed by atoms with Gasteiger partial charge in [-0.2, -0.15) is 9.59 Å². The Morgan fingerprint density at radius 1 is 0.500 bits per heavy atom. The number of hydrogen-bond donors (Lipinski definition) is 0. The number of esters is 4. The van der Waals surface area contributed by atoms with Gasteiger partial charge < -0.3 is 18.9 Å². The zero-order valence-corrected chi connectivity index (χ0v) is 40.4. The normalized spacial score (nSPS) is 11.1. The lowest BCUT2D eigenvalue weighted by Gasteiger charge is -2.25. The van der Waals surface area contributed by atoms with E-state index >= 15 is 0 Å². The molecule has 0 radical (unpaired) electrons. The molecule has 0 atom stereocenters. The highest BCUT2D eigenvalue weighted by Crippen LogP contribution is 2.35. The van der Waals surface area contributed by atoms with Crippen molar-refractivity contribution in [3.05, 3.63) is 28.8 Å². The molecule has 1 aromatic rings. The Morgan fingerprint density at radius 2 is 0.839 bits per heavy atom. The third kappa shape index (κ3) is 34.0. The minimum Gasteiger partial charge on any atom is -0.462 e. The Hall–Kier alpha value is -3.52. The molecule has 10 heteroatoms. The number of ether oxygens (including phenoxy) is 4. The van der Waals surface area contributed by atoms with Crippen molar-refractivity contribution in [1.29, 1.82) is 0 Å². The largest absolute Gasteiger partial charge is 0.462 e. The Labute approximate surface area is 377 Å². The molecule has 0 amide bonds. The lowest BCUT2D eigenvalue weighted by atomic mass is 9.83. The van der Waals surface area contributed by atoms with Crippen molar-refractivity contribution in [1.82, 2.24) is 0 Å². The molecule has 0 fully saturated rings. The molecule has 0 spiro atoms. The van der Waals surface area contributed by atoms with Gasteiger partial charge in [0.25, 0.3) is 0 Å². The van der Waals surface area contributed by atoms with E-state index in [-0.39, 0.29) is 62.4 Å². The zero-order valence-electron chi connectivity index (χ0n) is 40.4. The molecule has 1 rings (SSSR count). The van der Waals surface area contributed by atoms with E-state index in [1.165, 1.54) is 128 Å². The number of carbonyl (C=O) groups is 4. The van der Waals surface area contributed by atoms with Crippen LogP contribution in [0.15, 0.2) is 12.1 Å². The summed E-state index contributed by atoms with van der Waals surface area (Å²) in [6.45, 7) is 14.2. The summed E-state index contributed by atoms with van der Waals surface area (Å²) >= 11 is 0. The fraction of sp³-hybridized carbons (Fsp3) is 0.788. The summed E-state index contributed by atoms with van der Waals surface area (Å²) in [5, 5.41) is 0. The number of hydrogen-bond acceptors (Lipinski definition) is 10. The first-order valence-corrected chi connectivity index (χ1v) is 24.6. The van der Waals surface area contributed by atoms with Crippen LogP contribution < -0.4 is 4.74 Å². The summed E-state index contributed by atoms with van der Waals surface area (Å²) in [5.41, 5.74) is 2.72. The van der Waals surface area contributed by atoms with Crippen molar-refractivity contribution < 1.29 is 47.7 Å². The molecule has 0 aliphatic carbocycles. The van der Waals surface area contributed by atoms with E-state index in [2.05, 4.69) is 40.7 Å². The highest BCUT2D eigenvalue weighted by atomic mass is 16.6. The van der Waals surface area contributed by atoms with Crippen molar-refractivity contribution in [3.63, 3.8) is 0 Å². The maximum Gasteiger partial charge on any atom is 0.373 e. The third-order valence-electron chi connectivity index (χ3n) is 11.1. The van der Waals surface area contributed by atoms with Gasteiger partial charge in [0.2, 0.25) is 0 Å². The van der Waals surface area contributed by atoms with E-state index in [4.69, 9.17) is 28.5 Å². The average Bonchev–Trinajstić information content (AvgIpc) is 3.21. The third-order valence-corrected chi connectivity index (χ3v) is 11.1. The van der Waals surface area contributed by atoms with Gasteiger partial charge in [0, 0.05) is 18.4 Å². The number of benzene rings is 1. The first kappa shape index (κ1) is 58.5. The summed E-state index contributed by atoms with van der Waals surface area (Å²) in [6.07, 6.45) is 31.3. The monoisotopic (exact) mass is 873 g/mol. The van der Waals surface area contributed by atoms with E-state index in [0.29, 0.717) is 5.75 Å². The molecule has 0 aliphatic rings. The van der Waals surface area contributed by atoms with E-state index in [1.807, 2.05) is 19.9 Å². The number of carbonyl (C=O) groups excluding carboxylic acids is 6. The minimum atomic E-state index is -0.961. The number of unbranched alkanes of at least 4 members (excludes halogenated alkanes) is 24. The van der Waals surface area contributed by atoms with Crippen LogP contribution in [-0.2, 0) is 48.4 Å². The lowest BCUT2D eigenvalue weighted by molar-refractivity contribution is -0.191. The fourth-order valence-corrected chi connectivity index (χ4v) is 7.80. The van der Waals surface area contributed by atoms with Crippen molar-refractivity contribution in [2.45, 2.75) is 253 Å². The summed E-state index contributed by atoms with van der Waals surface area (Å²) < 4.78 is 22.4. The highest BCUT2D eigenvalue weighted by molar-refractivity contribution is 5.79. The van der Waals surface area contributed by atoms with Gasteiger partial charge in [0.05, 0.1) is 12.8 Å². The van der Waals surface area contributed by atoms with Gasteiger partial charge >= 0.3 is 30.0 Å². The van der Waals surface area contributed by atoms with Crippen LogP contribution in [0.5, 0.6) is 5.75 Å². The molecular weight excluding hydrogens is 785 g/mol. The maximum absolute atomic E-state index is 12.9. The summed E-state index contributed by atoms with van der Waals surface area (Å²) in [7, 11) is 0. The fourth-order valence-electron chi connectivity index (χ4n) is 7.80.